The number of hydrogen-bond acceptors (Lipinski definition) is 2. The molecular formula is C7H12N2. The van der Waals surface area contributed by atoms with Gasteiger partial charge in [0.05, 0.1) is 5.71 Å². The normalized spacial score (nSPS) is 18.3. The summed E-state index contributed by atoms with van der Waals surface area (Å²) in [5.74, 6) is 0. The Labute approximate surface area is 55.7 Å². The van der Waals surface area contributed by atoms with E-state index in [9.17, 15) is 0 Å². The van der Waals surface area contributed by atoms with Crippen molar-refractivity contribution < 1.29 is 0 Å². The van der Waals surface area contributed by atoms with Crippen molar-refractivity contribution in [1.29, 1.82) is 0 Å². The van der Waals surface area contributed by atoms with E-state index >= 15 is 0 Å². The summed E-state index contributed by atoms with van der Waals surface area (Å²) < 4.78 is 0. The molecule has 1 heterocycles. The van der Waals surface area contributed by atoms with Gasteiger partial charge in [0.15, 0.2) is 0 Å². The lowest BCUT2D eigenvalue weighted by atomic mass is 9.89. The molecule has 0 saturated heterocycles. The van der Waals surface area contributed by atoms with Gasteiger partial charge in [0.1, 0.15) is 0 Å². The van der Waals surface area contributed by atoms with Crippen molar-refractivity contribution in [3.8, 4) is 0 Å². The molecule has 0 aromatic heterocycles. The molecule has 1 aliphatic heterocycles. The van der Waals surface area contributed by atoms with Crippen LogP contribution in [0.5, 0.6) is 0 Å². The molecule has 0 N–H and O–H groups in total. The molecule has 1 aliphatic rings. The molecule has 0 bridgehead atoms. The third-order valence-electron chi connectivity index (χ3n) is 1.41. The van der Waals surface area contributed by atoms with Crippen molar-refractivity contribution in [3.63, 3.8) is 0 Å². The van der Waals surface area contributed by atoms with E-state index in [4.69, 9.17) is 0 Å². The Kier molecular flexibility index (Phi) is 1.39. The highest BCUT2D eigenvalue weighted by Gasteiger charge is 2.19. The molecule has 0 aromatic carbocycles. The van der Waals surface area contributed by atoms with Gasteiger partial charge in [-0.05, 0) is 0 Å². The minimum absolute atomic E-state index is 0.205. The molecule has 0 fully saturated rings. The monoisotopic (exact) mass is 124 g/mol. The first kappa shape index (κ1) is 6.46. The number of rotatable bonds is 0. The van der Waals surface area contributed by atoms with E-state index in [1.807, 2.05) is 6.21 Å². The largest absolute Gasteiger partial charge is 0.163 e. The lowest BCUT2D eigenvalue weighted by molar-refractivity contribution is 0.585. The first-order chi connectivity index (χ1) is 4.11. The fourth-order valence-electron chi connectivity index (χ4n) is 0.735. The zero-order valence-corrected chi connectivity index (χ0v) is 6.18. The highest BCUT2D eigenvalue weighted by molar-refractivity contribution is 6.01. The minimum atomic E-state index is 0.205. The van der Waals surface area contributed by atoms with Crippen LogP contribution in [-0.4, -0.2) is 11.9 Å². The van der Waals surface area contributed by atoms with Crippen LogP contribution in [0.15, 0.2) is 10.2 Å². The van der Waals surface area contributed by atoms with Crippen molar-refractivity contribution in [3.05, 3.63) is 0 Å². The molecule has 0 amide bonds. The summed E-state index contributed by atoms with van der Waals surface area (Å²) in [6.07, 6.45) is 2.78. The molecule has 1 rings (SSSR count). The molecule has 0 atom stereocenters. The third kappa shape index (κ3) is 1.37. The maximum Gasteiger partial charge on any atom is 0.0512 e. The quantitative estimate of drug-likeness (QED) is 0.471. The lowest BCUT2D eigenvalue weighted by Gasteiger charge is -2.16. The second kappa shape index (κ2) is 1.94. The van der Waals surface area contributed by atoms with Gasteiger partial charge in [0, 0.05) is 18.1 Å². The Morgan fingerprint density at radius 1 is 1.44 bits per heavy atom. The van der Waals surface area contributed by atoms with Crippen LogP contribution < -0.4 is 0 Å². The first-order valence-corrected chi connectivity index (χ1v) is 3.19. The Hall–Kier alpha value is -0.660. The third-order valence-corrected chi connectivity index (χ3v) is 1.41. The maximum absolute atomic E-state index is 3.99. The van der Waals surface area contributed by atoms with Crippen LogP contribution in [0, 0.1) is 5.41 Å². The minimum Gasteiger partial charge on any atom is -0.163 e. The Morgan fingerprint density at radius 2 is 2.11 bits per heavy atom. The number of hydrogen-bond donors (Lipinski definition) is 0. The second-order valence-electron chi connectivity index (χ2n) is 3.30. The molecule has 0 aliphatic carbocycles. The van der Waals surface area contributed by atoms with Crippen molar-refractivity contribution in [2.75, 3.05) is 0 Å². The highest BCUT2D eigenvalue weighted by Crippen LogP contribution is 2.19. The molecule has 0 spiro atoms. The van der Waals surface area contributed by atoms with Crippen LogP contribution >= 0.6 is 0 Å². The molecule has 0 saturated carbocycles. The summed E-state index contributed by atoms with van der Waals surface area (Å²) in [4.78, 5) is 0. The summed E-state index contributed by atoms with van der Waals surface area (Å²) in [5, 5.41) is 7.79. The van der Waals surface area contributed by atoms with Gasteiger partial charge in [-0.25, -0.2) is 0 Å². The molecule has 0 aromatic rings. The summed E-state index contributed by atoms with van der Waals surface area (Å²) in [6, 6.07) is 0. The molecule has 2 nitrogen and oxygen atoms in total. The van der Waals surface area contributed by atoms with Crippen LogP contribution in [0.25, 0.3) is 0 Å². The Balaban J connectivity index is 2.66. The summed E-state index contributed by atoms with van der Waals surface area (Å²) in [7, 11) is 0. The summed E-state index contributed by atoms with van der Waals surface area (Å²) in [6.45, 7) is 6.46. The van der Waals surface area contributed by atoms with Crippen LogP contribution in [0.3, 0.4) is 0 Å². The fraction of sp³-hybridized carbons (Fsp3) is 0.714. The Morgan fingerprint density at radius 3 is 2.33 bits per heavy atom. The van der Waals surface area contributed by atoms with Crippen molar-refractivity contribution in [2.24, 2.45) is 15.6 Å². The van der Waals surface area contributed by atoms with Crippen molar-refractivity contribution >= 4 is 11.9 Å². The van der Waals surface area contributed by atoms with E-state index in [1.165, 1.54) is 5.71 Å². The molecule has 0 radical (unpaired) electrons. The molecule has 50 valence electrons. The zero-order chi connectivity index (χ0) is 6.91. The molecular weight excluding hydrogens is 112 g/mol. The fourth-order valence-corrected chi connectivity index (χ4v) is 0.735. The van der Waals surface area contributed by atoms with E-state index in [0.717, 1.165) is 6.42 Å². The van der Waals surface area contributed by atoms with Gasteiger partial charge in [-0.1, -0.05) is 20.8 Å². The van der Waals surface area contributed by atoms with Crippen molar-refractivity contribution in [2.45, 2.75) is 27.2 Å². The maximum atomic E-state index is 3.99. The smallest absolute Gasteiger partial charge is 0.0512 e. The predicted octanol–water partition coefficient (Wildman–Crippen LogP) is 1.86. The average Bonchev–Trinajstić information content (AvgIpc) is 2.08. The van der Waals surface area contributed by atoms with E-state index in [1.54, 1.807) is 0 Å². The van der Waals surface area contributed by atoms with E-state index in [2.05, 4.69) is 31.0 Å². The molecule has 0 unspecified atom stereocenters. The van der Waals surface area contributed by atoms with Gasteiger partial charge in [0.25, 0.3) is 0 Å². The van der Waals surface area contributed by atoms with E-state index in [-0.39, 0.29) is 5.41 Å². The zero-order valence-electron chi connectivity index (χ0n) is 6.18. The topological polar surface area (TPSA) is 24.7 Å². The molecule has 2 heteroatoms. The lowest BCUT2D eigenvalue weighted by Crippen LogP contribution is -2.18. The summed E-state index contributed by atoms with van der Waals surface area (Å²) in [5.41, 5.74) is 1.39. The SMILES string of the molecule is CC(C)(C)C1=NN=CC1. The van der Waals surface area contributed by atoms with Gasteiger partial charge >= 0.3 is 0 Å². The van der Waals surface area contributed by atoms with Gasteiger partial charge in [-0.15, -0.1) is 0 Å². The van der Waals surface area contributed by atoms with Gasteiger partial charge in [0.2, 0.25) is 0 Å². The van der Waals surface area contributed by atoms with E-state index in [0.29, 0.717) is 0 Å². The van der Waals surface area contributed by atoms with Crippen LogP contribution in [-0.2, 0) is 0 Å². The highest BCUT2D eigenvalue weighted by atomic mass is 15.2. The number of nitrogens with zero attached hydrogens (tertiary/aromatic N) is 2. The van der Waals surface area contributed by atoms with Gasteiger partial charge in [-0.3, -0.25) is 0 Å². The Bertz CT molecular complexity index is 160. The van der Waals surface area contributed by atoms with E-state index < -0.39 is 0 Å². The first-order valence-electron chi connectivity index (χ1n) is 3.19. The second-order valence-corrected chi connectivity index (χ2v) is 3.30. The predicted molar refractivity (Wildman–Crippen MR) is 40.0 cm³/mol. The van der Waals surface area contributed by atoms with Gasteiger partial charge in [-0.2, -0.15) is 10.2 Å². The molecule has 9 heavy (non-hydrogen) atoms. The standard InChI is InChI=1S/C7H12N2/c1-7(2,3)6-4-5-8-9-6/h5H,4H2,1-3H3. The average molecular weight is 124 g/mol. The van der Waals surface area contributed by atoms with Crippen molar-refractivity contribution in [1.82, 2.24) is 0 Å². The van der Waals surface area contributed by atoms with Crippen LogP contribution in [0.4, 0.5) is 0 Å². The van der Waals surface area contributed by atoms with Crippen LogP contribution in [0.2, 0.25) is 0 Å². The summed E-state index contributed by atoms with van der Waals surface area (Å²) >= 11 is 0. The van der Waals surface area contributed by atoms with Crippen LogP contribution in [0.1, 0.15) is 27.2 Å². The van der Waals surface area contributed by atoms with Gasteiger partial charge < -0.3 is 0 Å².